The Kier molecular flexibility index (Phi) is 4.02. The molecule has 5 heteroatoms. The summed E-state index contributed by atoms with van der Waals surface area (Å²) in [5.41, 5.74) is 2.28. The highest BCUT2D eigenvalue weighted by Crippen LogP contribution is 2.30. The van der Waals surface area contributed by atoms with Crippen LogP contribution in [0.15, 0.2) is 21.3 Å². The van der Waals surface area contributed by atoms with E-state index in [2.05, 4.69) is 0 Å². The Hall–Kier alpha value is -2.30. The SMILES string of the molecule is CCc1c(C)c2ccc(O[C@H](C)C(=O)O)c(C)c2oc1=O. The summed E-state index contributed by atoms with van der Waals surface area (Å²) >= 11 is 0. The lowest BCUT2D eigenvalue weighted by Gasteiger charge is -2.15. The Morgan fingerprint density at radius 1 is 1.33 bits per heavy atom. The molecule has 2 rings (SSSR count). The van der Waals surface area contributed by atoms with Crippen molar-refractivity contribution in [3.8, 4) is 5.75 Å². The standard InChI is InChI=1S/C16H18O5/c1-5-11-8(2)12-6-7-13(20-10(4)15(17)18)9(3)14(12)21-16(11)19/h6-7,10H,5H2,1-4H3,(H,17,18)/t10-/m1/s1. The van der Waals surface area contributed by atoms with Crippen LogP contribution < -0.4 is 10.4 Å². The van der Waals surface area contributed by atoms with Crippen LogP contribution in [0.1, 0.15) is 30.5 Å². The third-order valence-corrected chi connectivity index (χ3v) is 3.66. The lowest BCUT2D eigenvalue weighted by atomic mass is 10.0. The van der Waals surface area contributed by atoms with Crippen molar-refractivity contribution in [3.05, 3.63) is 39.2 Å². The van der Waals surface area contributed by atoms with E-state index >= 15 is 0 Å². The molecule has 0 bridgehead atoms. The van der Waals surface area contributed by atoms with Crippen molar-refractivity contribution in [1.29, 1.82) is 0 Å². The first-order chi connectivity index (χ1) is 9.86. The molecule has 0 aliphatic carbocycles. The minimum Gasteiger partial charge on any atom is -0.479 e. The fourth-order valence-corrected chi connectivity index (χ4v) is 2.35. The van der Waals surface area contributed by atoms with Crippen LogP contribution in [-0.4, -0.2) is 17.2 Å². The van der Waals surface area contributed by atoms with Crippen LogP contribution in [0.3, 0.4) is 0 Å². The second kappa shape index (κ2) is 5.60. The lowest BCUT2D eigenvalue weighted by Crippen LogP contribution is -2.23. The van der Waals surface area contributed by atoms with Gasteiger partial charge in [-0.1, -0.05) is 6.92 Å². The second-order valence-corrected chi connectivity index (χ2v) is 5.01. The molecule has 5 nitrogen and oxygen atoms in total. The molecule has 1 aromatic heterocycles. The monoisotopic (exact) mass is 290 g/mol. The smallest absolute Gasteiger partial charge is 0.344 e. The third kappa shape index (κ3) is 2.63. The van der Waals surface area contributed by atoms with E-state index in [1.807, 2.05) is 13.8 Å². The zero-order chi connectivity index (χ0) is 15.7. The number of hydrogen-bond acceptors (Lipinski definition) is 4. The molecular weight excluding hydrogens is 272 g/mol. The van der Waals surface area contributed by atoms with Gasteiger partial charge in [0.1, 0.15) is 11.3 Å². The zero-order valence-electron chi connectivity index (χ0n) is 12.5. The highest BCUT2D eigenvalue weighted by Gasteiger charge is 2.17. The maximum absolute atomic E-state index is 12.0. The third-order valence-electron chi connectivity index (χ3n) is 3.66. The van der Waals surface area contributed by atoms with E-state index < -0.39 is 12.1 Å². The van der Waals surface area contributed by atoms with E-state index in [0.717, 1.165) is 10.9 Å². The maximum atomic E-state index is 12.0. The molecule has 0 fully saturated rings. The number of carbonyl (C=O) groups is 1. The highest BCUT2D eigenvalue weighted by atomic mass is 16.5. The van der Waals surface area contributed by atoms with Crippen LogP contribution in [0.5, 0.6) is 5.75 Å². The predicted octanol–water partition coefficient (Wildman–Crippen LogP) is 2.82. The van der Waals surface area contributed by atoms with E-state index in [-0.39, 0.29) is 5.63 Å². The van der Waals surface area contributed by atoms with Gasteiger partial charge < -0.3 is 14.3 Å². The number of carboxylic acids is 1. The highest BCUT2D eigenvalue weighted by molar-refractivity contribution is 5.85. The van der Waals surface area contributed by atoms with Gasteiger partial charge in [-0.05, 0) is 44.9 Å². The summed E-state index contributed by atoms with van der Waals surface area (Å²) in [4.78, 5) is 22.8. The van der Waals surface area contributed by atoms with Crippen molar-refractivity contribution in [2.45, 2.75) is 40.2 Å². The summed E-state index contributed by atoms with van der Waals surface area (Å²) in [6, 6.07) is 3.51. The van der Waals surface area contributed by atoms with E-state index in [4.69, 9.17) is 14.3 Å². The number of hydrogen-bond donors (Lipinski definition) is 1. The summed E-state index contributed by atoms with van der Waals surface area (Å²) in [5, 5.41) is 9.75. The average molecular weight is 290 g/mol. The average Bonchev–Trinajstić information content (AvgIpc) is 2.42. The van der Waals surface area contributed by atoms with Crippen LogP contribution in [0.2, 0.25) is 0 Å². The Balaban J connectivity index is 2.63. The number of rotatable bonds is 4. The summed E-state index contributed by atoms with van der Waals surface area (Å²) in [6.45, 7) is 7.00. The molecule has 0 spiro atoms. The van der Waals surface area contributed by atoms with E-state index in [0.29, 0.717) is 28.9 Å². The van der Waals surface area contributed by atoms with Gasteiger partial charge in [0.15, 0.2) is 6.10 Å². The number of ether oxygens (including phenoxy) is 1. The minimum absolute atomic E-state index is 0.353. The Labute approximate surface area is 122 Å². The van der Waals surface area contributed by atoms with Gasteiger partial charge in [-0.3, -0.25) is 0 Å². The molecule has 0 saturated heterocycles. The normalized spacial score (nSPS) is 12.4. The van der Waals surface area contributed by atoms with E-state index in [1.165, 1.54) is 6.92 Å². The van der Waals surface area contributed by atoms with Crippen LogP contribution >= 0.6 is 0 Å². The van der Waals surface area contributed by atoms with Crippen molar-refractivity contribution in [3.63, 3.8) is 0 Å². The fraction of sp³-hybridized carbons (Fsp3) is 0.375. The summed E-state index contributed by atoms with van der Waals surface area (Å²) in [5.74, 6) is -0.641. The molecule has 1 N–H and O–H groups in total. The molecule has 112 valence electrons. The summed E-state index contributed by atoms with van der Waals surface area (Å²) in [6.07, 6.45) is -0.360. The minimum atomic E-state index is -1.05. The summed E-state index contributed by atoms with van der Waals surface area (Å²) in [7, 11) is 0. The second-order valence-electron chi connectivity index (χ2n) is 5.01. The van der Waals surface area contributed by atoms with Crippen molar-refractivity contribution in [2.24, 2.45) is 0 Å². The zero-order valence-corrected chi connectivity index (χ0v) is 12.5. The molecule has 0 aliphatic heterocycles. The molecule has 0 radical (unpaired) electrons. The van der Waals surface area contributed by atoms with Crippen LogP contribution in [0.25, 0.3) is 11.0 Å². The maximum Gasteiger partial charge on any atom is 0.344 e. The molecule has 1 heterocycles. The largest absolute Gasteiger partial charge is 0.479 e. The number of fused-ring (bicyclic) bond motifs is 1. The Morgan fingerprint density at radius 2 is 2.00 bits per heavy atom. The Bertz CT molecular complexity index is 757. The van der Waals surface area contributed by atoms with E-state index in [1.54, 1.807) is 19.1 Å². The molecule has 0 saturated carbocycles. The van der Waals surface area contributed by atoms with Crippen molar-refractivity contribution < 1.29 is 19.1 Å². The van der Waals surface area contributed by atoms with Gasteiger partial charge >= 0.3 is 11.6 Å². The molecule has 2 aromatic rings. The van der Waals surface area contributed by atoms with Crippen molar-refractivity contribution in [1.82, 2.24) is 0 Å². The molecule has 0 unspecified atom stereocenters. The van der Waals surface area contributed by atoms with Crippen LogP contribution in [-0.2, 0) is 11.2 Å². The van der Waals surface area contributed by atoms with Gasteiger partial charge in [0.25, 0.3) is 0 Å². The number of benzene rings is 1. The number of aryl methyl sites for hydroxylation is 2. The quantitative estimate of drug-likeness (QED) is 0.876. The van der Waals surface area contributed by atoms with Crippen molar-refractivity contribution >= 4 is 16.9 Å². The fourth-order valence-electron chi connectivity index (χ4n) is 2.35. The first kappa shape index (κ1) is 15.1. The summed E-state index contributed by atoms with van der Waals surface area (Å²) < 4.78 is 10.8. The Morgan fingerprint density at radius 3 is 2.57 bits per heavy atom. The van der Waals surface area contributed by atoms with Gasteiger partial charge in [0.2, 0.25) is 0 Å². The van der Waals surface area contributed by atoms with E-state index in [9.17, 15) is 9.59 Å². The molecular formula is C16H18O5. The molecule has 21 heavy (non-hydrogen) atoms. The molecule has 0 amide bonds. The first-order valence-electron chi connectivity index (χ1n) is 6.82. The van der Waals surface area contributed by atoms with Gasteiger partial charge in [0.05, 0.1) is 0 Å². The van der Waals surface area contributed by atoms with Crippen molar-refractivity contribution in [2.75, 3.05) is 0 Å². The van der Waals surface area contributed by atoms with Gasteiger partial charge in [-0.25, -0.2) is 9.59 Å². The predicted molar refractivity (Wildman–Crippen MR) is 79.1 cm³/mol. The van der Waals surface area contributed by atoms with Crippen LogP contribution in [0, 0.1) is 13.8 Å². The molecule has 0 aliphatic rings. The van der Waals surface area contributed by atoms with Crippen LogP contribution in [0.4, 0.5) is 0 Å². The number of aliphatic carboxylic acids is 1. The molecule has 1 atom stereocenters. The topological polar surface area (TPSA) is 76.7 Å². The number of carboxylic acid groups (broad SMARTS) is 1. The lowest BCUT2D eigenvalue weighted by molar-refractivity contribution is -0.144. The first-order valence-corrected chi connectivity index (χ1v) is 6.82. The van der Waals surface area contributed by atoms with Gasteiger partial charge in [-0.2, -0.15) is 0 Å². The molecule has 1 aromatic carbocycles. The van der Waals surface area contributed by atoms with Gasteiger partial charge in [0, 0.05) is 16.5 Å². The van der Waals surface area contributed by atoms with Gasteiger partial charge in [-0.15, -0.1) is 0 Å².